The van der Waals surface area contributed by atoms with Gasteiger partial charge >= 0.3 is 5.97 Å². The van der Waals surface area contributed by atoms with Gasteiger partial charge in [0.05, 0.1) is 18.7 Å². The van der Waals surface area contributed by atoms with Gasteiger partial charge < -0.3 is 9.84 Å². The first kappa shape index (κ1) is 9.96. The van der Waals surface area contributed by atoms with E-state index in [4.69, 9.17) is 9.84 Å². The van der Waals surface area contributed by atoms with Gasteiger partial charge in [0.15, 0.2) is 0 Å². The van der Waals surface area contributed by atoms with E-state index in [2.05, 4.69) is 4.98 Å². The third-order valence-corrected chi connectivity index (χ3v) is 2.53. The molecular weight excluding hydrogens is 194 g/mol. The van der Waals surface area contributed by atoms with Crippen molar-refractivity contribution in [3.05, 3.63) is 24.0 Å². The smallest absolute Gasteiger partial charge is 0.309 e. The summed E-state index contributed by atoms with van der Waals surface area (Å²) in [7, 11) is 0. The summed E-state index contributed by atoms with van der Waals surface area (Å²) in [4.78, 5) is 15.4. The largest absolute Gasteiger partial charge is 0.506 e. The highest BCUT2D eigenvalue weighted by molar-refractivity contribution is 5.77. The lowest BCUT2D eigenvalue weighted by Crippen LogP contribution is -2.07. The van der Waals surface area contributed by atoms with Gasteiger partial charge in [0.2, 0.25) is 0 Å². The third-order valence-electron chi connectivity index (χ3n) is 2.53. The van der Waals surface area contributed by atoms with Crippen molar-refractivity contribution in [3.63, 3.8) is 0 Å². The second-order valence-corrected chi connectivity index (χ2v) is 3.64. The van der Waals surface area contributed by atoms with Crippen molar-refractivity contribution >= 4 is 5.97 Å². The van der Waals surface area contributed by atoms with Crippen molar-refractivity contribution in [3.8, 4) is 5.75 Å². The van der Waals surface area contributed by atoms with Crippen molar-refractivity contribution in [2.24, 2.45) is 5.92 Å². The Hall–Kier alpha value is -1.58. The first-order chi connectivity index (χ1) is 7.22. The molecule has 1 aliphatic carbocycles. The molecule has 2 rings (SSSR count). The molecule has 1 N–H and O–H groups in total. The summed E-state index contributed by atoms with van der Waals surface area (Å²) in [5.74, 6) is 0.135. The highest BCUT2D eigenvalue weighted by Gasteiger charge is 2.46. The van der Waals surface area contributed by atoms with Gasteiger partial charge in [-0.25, -0.2) is 0 Å². The first-order valence-electron chi connectivity index (χ1n) is 5.04. The molecule has 0 aromatic carbocycles. The van der Waals surface area contributed by atoms with E-state index in [1.54, 1.807) is 19.1 Å². The monoisotopic (exact) mass is 207 g/mol. The standard InChI is InChI=1S/C11H13NO3/c1-2-15-11(14)9-5-8(9)10-4-3-7(13)6-12-10/h3-4,6,8-9,13H,2,5H2,1H3. The fraction of sp³-hybridized carbons (Fsp3) is 0.455. The Morgan fingerprint density at radius 2 is 2.47 bits per heavy atom. The highest BCUT2D eigenvalue weighted by Crippen LogP contribution is 2.47. The number of nitrogens with zero attached hydrogens (tertiary/aromatic N) is 1. The normalized spacial score (nSPS) is 23.5. The van der Waals surface area contributed by atoms with Crippen molar-refractivity contribution < 1.29 is 14.6 Å². The molecule has 80 valence electrons. The van der Waals surface area contributed by atoms with Crippen molar-refractivity contribution in [1.29, 1.82) is 0 Å². The number of hydrogen-bond donors (Lipinski definition) is 1. The van der Waals surface area contributed by atoms with Crippen LogP contribution in [0, 0.1) is 5.92 Å². The molecule has 0 spiro atoms. The zero-order chi connectivity index (χ0) is 10.8. The Labute approximate surface area is 87.9 Å². The average Bonchev–Trinajstić information content (AvgIpc) is 2.99. The number of carbonyl (C=O) groups excluding carboxylic acids is 1. The van der Waals surface area contributed by atoms with E-state index in [-0.39, 0.29) is 23.6 Å². The molecule has 4 nitrogen and oxygen atoms in total. The summed E-state index contributed by atoms with van der Waals surface area (Å²) >= 11 is 0. The van der Waals surface area contributed by atoms with Gasteiger partial charge in [0, 0.05) is 11.6 Å². The Kier molecular flexibility index (Phi) is 2.58. The van der Waals surface area contributed by atoms with Crippen LogP contribution in [0.1, 0.15) is 25.0 Å². The molecule has 1 aromatic heterocycles. The maximum atomic E-state index is 11.4. The van der Waals surface area contributed by atoms with Crippen molar-refractivity contribution in [2.75, 3.05) is 6.61 Å². The Bertz CT molecular complexity index is 361. The summed E-state index contributed by atoms with van der Waals surface area (Å²) in [5.41, 5.74) is 0.853. The maximum Gasteiger partial charge on any atom is 0.309 e. The van der Waals surface area contributed by atoms with Crippen LogP contribution < -0.4 is 0 Å². The van der Waals surface area contributed by atoms with E-state index in [9.17, 15) is 4.79 Å². The van der Waals surface area contributed by atoms with Crippen LogP contribution in [0.15, 0.2) is 18.3 Å². The summed E-state index contributed by atoms with van der Waals surface area (Å²) < 4.78 is 4.93. The summed E-state index contributed by atoms with van der Waals surface area (Å²) in [6, 6.07) is 3.34. The number of pyridine rings is 1. The number of rotatable bonds is 3. The first-order valence-corrected chi connectivity index (χ1v) is 5.04. The third kappa shape index (κ3) is 2.09. The van der Waals surface area contributed by atoms with Gasteiger partial charge in [-0.1, -0.05) is 0 Å². The molecule has 0 bridgehead atoms. The molecule has 4 heteroatoms. The summed E-state index contributed by atoms with van der Waals surface area (Å²) in [6.45, 7) is 2.22. The molecule has 1 aliphatic rings. The second-order valence-electron chi connectivity index (χ2n) is 3.64. The molecule has 15 heavy (non-hydrogen) atoms. The molecule has 0 saturated heterocycles. The van der Waals surface area contributed by atoms with Crippen LogP contribution >= 0.6 is 0 Å². The number of aromatic nitrogens is 1. The van der Waals surface area contributed by atoms with Crippen LogP contribution in [0.25, 0.3) is 0 Å². The van der Waals surface area contributed by atoms with Crippen LogP contribution in [0.2, 0.25) is 0 Å². The van der Waals surface area contributed by atoms with Crippen LogP contribution in [0.4, 0.5) is 0 Å². The van der Waals surface area contributed by atoms with E-state index < -0.39 is 0 Å². The number of carbonyl (C=O) groups is 1. The minimum atomic E-state index is -0.141. The number of esters is 1. The second kappa shape index (κ2) is 3.88. The molecule has 1 heterocycles. The molecule has 0 radical (unpaired) electrons. The van der Waals surface area contributed by atoms with Gasteiger partial charge in [-0.3, -0.25) is 9.78 Å². The van der Waals surface area contributed by atoms with Crippen LogP contribution in [0.3, 0.4) is 0 Å². The number of hydrogen-bond acceptors (Lipinski definition) is 4. The van der Waals surface area contributed by atoms with Crippen LogP contribution in [0.5, 0.6) is 5.75 Å². The predicted octanol–water partition coefficient (Wildman–Crippen LogP) is 1.45. The Balaban J connectivity index is 1.98. The van der Waals surface area contributed by atoms with Gasteiger partial charge in [-0.2, -0.15) is 0 Å². The van der Waals surface area contributed by atoms with Crippen LogP contribution in [-0.2, 0) is 9.53 Å². The highest BCUT2D eigenvalue weighted by atomic mass is 16.5. The minimum Gasteiger partial charge on any atom is -0.506 e. The molecule has 0 aliphatic heterocycles. The zero-order valence-electron chi connectivity index (χ0n) is 8.51. The van der Waals surface area contributed by atoms with Crippen molar-refractivity contribution in [2.45, 2.75) is 19.3 Å². The predicted molar refractivity (Wildman–Crippen MR) is 53.4 cm³/mol. The lowest BCUT2D eigenvalue weighted by Gasteiger charge is -2.00. The van der Waals surface area contributed by atoms with E-state index in [0.29, 0.717) is 6.61 Å². The SMILES string of the molecule is CCOC(=O)C1CC1c1ccc(O)cn1. The lowest BCUT2D eigenvalue weighted by molar-refractivity contribution is -0.144. The lowest BCUT2D eigenvalue weighted by atomic mass is 10.2. The fourth-order valence-electron chi connectivity index (χ4n) is 1.65. The average molecular weight is 207 g/mol. The van der Waals surface area contributed by atoms with Gasteiger partial charge in [-0.15, -0.1) is 0 Å². The summed E-state index contributed by atoms with van der Waals surface area (Å²) in [5, 5.41) is 9.06. The molecule has 1 fully saturated rings. The number of aromatic hydroxyl groups is 1. The van der Waals surface area contributed by atoms with E-state index in [1.165, 1.54) is 6.20 Å². The van der Waals surface area contributed by atoms with Gasteiger partial charge in [-0.05, 0) is 25.5 Å². The summed E-state index contributed by atoms with van der Waals surface area (Å²) in [6.07, 6.45) is 2.20. The molecule has 1 saturated carbocycles. The Morgan fingerprint density at radius 3 is 3.07 bits per heavy atom. The minimum absolute atomic E-state index is 0.0398. The van der Waals surface area contributed by atoms with E-state index in [0.717, 1.165) is 12.1 Å². The quantitative estimate of drug-likeness (QED) is 0.762. The molecule has 1 aromatic rings. The Morgan fingerprint density at radius 1 is 1.67 bits per heavy atom. The topological polar surface area (TPSA) is 59.4 Å². The molecule has 0 amide bonds. The van der Waals surface area contributed by atoms with Crippen LogP contribution in [-0.4, -0.2) is 22.7 Å². The number of ether oxygens (including phenoxy) is 1. The maximum absolute atomic E-state index is 11.4. The molecule has 2 unspecified atom stereocenters. The molecular formula is C11H13NO3. The molecule has 2 atom stereocenters. The fourth-order valence-corrected chi connectivity index (χ4v) is 1.65. The van der Waals surface area contributed by atoms with Crippen molar-refractivity contribution in [1.82, 2.24) is 4.98 Å². The van der Waals surface area contributed by atoms with E-state index in [1.807, 2.05) is 0 Å². The van der Waals surface area contributed by atoms with Gasteiger partial charge in [0.25, 0.3) is 0 Å². The van der Waals surface area contributed by atoms with E-state index >= 15 is 0 Å². The zero-order valence-corrected chi connectivity index (χ0v) is 8.51. The van der Waals surface area contributed by atoms with Gasteiger partial charge in [0.1, 0.15) is 5.75 Å².